The fraction of sp³-hybridized carbons (Fsp3) is 0.909. The van der Waals surface area contributed by atoms with Gasteiger partial charge in [-0.05, 0) is 12.3 Å². The lowest BCUT2D eigenvalue weighted by molar-refractivity contribution is -0.120. The van der Waals surface area contributed by atoms with Gasteiger partial charge in [0.2, 0.25) is 5.91 Å². The van der Waals surface area contributed by atoms with Crippen molar-refractivity contribution in [3.05, 3.63) is 0 Å². The van der Waals surface area contributed by atoms with Gasteiger partial charge in [-0.2, -0.15) is 0 Å². The third-order valence-corrected chi connectivity index (χ3v) is 3.23. The number of aliphatic hydroxyl groups excluding tert-OH is 1. The number of aliphatic hydroxyl groups is 1. The van der Waals surface area contributed by atoms with Crippen molar-refractivity contribution in [3.8, 4) is 0 Å². The van der Waals surface area contributed by atoms with Crippen LogP contribution in [0.5, 0.6) is 0 Å². The molecule has 0 bridgehead atoms. The number of amides is 1. The predicted molar refractivity (Wildman–Crippen MR) is 59.0 cm³/mol. The Labute approximate surface area is 91.0 Å². The molecule has 15 heavy (non-hydrogen) atoms. The first-order valence-electron chi connectivity index (χ1n) is 5.81. The number of primary amides is 1. The van der Waals surface area contributed by atoms with Crippen LogP contribution < -0.4 is 11.5 Å². The van der Waals surface area contributed by atoms with Gasteiger partial charge >= 0.3 is 0 Å². The van der Waals surface area contributed by atoms with Crippen molar-refractivity contribution in [1.82, 2.24) is 0 Å². The molecule has 1 saturated carbocycles. The Bertz CT molecular complexity index is 203. The Morgan fingerprint density at radius 1 is 1.33 bits per heavy atom. The highest BCUT2D eigenvalue weighted by molar-refractivity contribution is 5.74. The lowest BCUT2D eigenvalue weighted by Crippen LogP contribution is -2.39. The van der Waals surface area contributed by atoms with Crippen molar-refractivity contribution in [2.75, 3.05) is 0 Å². The molecule has 5 N–H and O–H groups in total. The van der Waals surface area contributed by atoms with Crippen LogP contribution in [0.4, 0.5) is 0 Å². The van der Waals surface area contributed by atoms with Gasteiger partial charge in [-0.25, -0.2) is 0 Å². The minimum absolute atomic E-state index is 0.0200. The topological polar surface area (TPSA) is 89.3 Å². The Morgan fingerprint density at radius 2 is 1.93 bits per heavy atom. The number of carbonyl (C=O) groups excluding carboxylic acids is 1. The molecule has 1 amide bonds. The van der Waals surface area contributed by atoms with E-state index in [1.807, 2.05) is 0 Å². The second-order valence-electron chi connectivity index (χ2n) is 4.64. The van der Waals surface area contributed by atoms with Gasteiger partial charge in [0.15, 0.2) is 0 Å². The Balaban J connectivity index is 2.26. The monoisotopic (exact) mass is 214 g/mol. The van der Waals surface area contributed by atoms with Gasteiger partial charge in [0, 0.05) is 6.04 Å². The van der Waals surface area contributed by atoms with Crippen molar-refractivity contribution in [2.45, 2.75) is 57.1 Å². The lowest BCUT2D eigenvalue weighted by Gasteiger charge is -2.26. The molecule has 0 heterocycles. The maximum absolute atomic E-state index is 10.6. The summed E-state index contributed by atoms with van der Waals surface area (Å²) in [6.45, 7) is 0. The van der Waals surface area contributed by atoms with E-state index in [9.17, 15) is 9.90 Å². The zero-order valence-corrected chi connectivity index (χ0v) is 9.19. The molecule has 0 spiro atoms. The van der Waals surface area contributed by atoms with Crippen molar-refractivity contribution >= 4 is 5.91 Å². The first-order valence-corrected chi connectivity index (χ1v) is 5.81. The third-order valence-electron chi connectivity index (χ3n) is 3.23. The van der Waals surface area contributed by atoms with Crippen LogP contribution in [-0.2, 0) is 4.79 Å². The Morgan fingerprint density at radius 3 is 2.47 bits per heavy atom. The zero-order valence-electron chi connectivity index (χ0n) is 9.19. The standard InChI is InChI=1S/C11H22N2O2/c12-9(10(14)7-11(13)15)6-8-4-2-1-3-5-8/h8-10,14H,1-7,12H2,(H2,13,15). The Kier molecular flexibility index (Phi) is 5.05. The van der Waals surface area contributed by atoms with E-state index < -0.39 is 12.0 Å². The number of carbonyl (C=O) groups is 1. The van der Waals surface area contributed by atoms with Crippen LogP contribution >= 0.6 is 0 Å². The van der Waals surface area contributed by atoms with Crippen LogP contribution in [-0.4, -0.2) is 23.2 Å². The highest BCUT2D eigenvalue weighted by atomic mass is 16.3. The highest BCUT2D eigenvalue weighted by Crippen LogP contribution is 2.27. The van der Waals surface area contributed by atoms with E-state index in [-0.39, 0.29) is 12.5 Å². The molecule has 2 unspecified atom stereocenters. The molecule has 2 atom stereocenters. The zero-order chi connectivity index (χ0) is 11.3. The Hall–Kier alpha value is -0.610. The first-order chi connectivity index (χ1) is 7.09. The normalized spacial score (nSPS) is 22.3. The number of nitrogens with two attached hydrogens (primary N) is 2. The van der Waals surface area contributed by atoms with Gasteiger partial charge in [-0.1, -0.05) is 32.1 Å². The summed E-state index contributed by atoms with van der Waals surface area (Å²) in [7, 11) is 0. The molecular weight excluding hydrogens is 192 g/mol. The van der Waals surface area contributed by atoms with Crippen LogP contribution in [0.2, 0.25) is 0 Å². The minimum atomic E-state index is -0.774. The summed E-state index contributed by atoms with van der Waals surface area (Å²) in [5.74, 6) is 0.137. The molecule has 1 fully saturated rings. The summed E-state index contributed by atoms with van der Waals surface area (Å²) >= 11 is 0. The first kappa shape index (κ1) is 12.5. The summed E-state index contributed by atoms with van der Waals surface area (Å²) < 4.78 is 0. The van der Waals surface area contributed by atoms with Crippen molar-refractivity contribution in [1.29, 1.82) is 0 Å². The second kappa shape index (κ2) is 6.08. The molecule has 1 aliphatic rings. The second-order valence-corrected chi connectivity index (χ2v) is 4.64. The maximum Gasteiger partial charge on any atom is 0.220 e. The average molecular weight is 214 g/mol. The van der Waals surface area contributed by atoms with E-state index in [0.717, 1.165) is 6.42 Å². The van der Waals surface area contributed by atoms with Crippen LogP contribution in [0, 0.1) is 5.92 Å². The molecule has 0 aromatic carbocycles. The average Bonchev–Trinajstić information content (AvgIpc) is 2.18. The van der Waals surface area contributed by atoms with Crippen molar-refractivity contribution < 1.29 is 9.90 Å². The summed E-state index contributed by atoms with van der Waals surface area (Å²) in [4.78, 5) is 10.6. The van der Waals surface area contributed by atoms with Crippen LogP contribution in [0.3, 0.4) is 0 Å². The van der Waals surface area contributed by atoms with E-state index in [1.54, 1.807) is 0 Å². The van der Waals surface area contributed by atoms with Crippen molar-refractivity contribution in [3.63, 3.8) is 0 Å². The molecule has 1 aliphatic carbocycles. The molecule has 0 aromatic heterocycles. The quantitative estimate of drug-likeness (QED) is 0.623. The third kappa shape index (κ3) is 4.62. The van der Waals surface area contributed by atoms with E-state index in [4.69, 9.17) is 11.5 Å². The summed E-state index contributed by atoms with van der Waals surface area (Å²) in [6, 6.07) is -0.305. The molecular formula is C11H22N2O2. The summed E-state index contributed by atoms with van der Waals surface area (Å²) in [6.07, 6.45) is 6.28. The fourth-order valence-corrected chi connectivity index (χ4v) is 2.32. The lowest BCUT2D eigenvalue weighted by atomic mass is 9.83. The fourth-order valence-electron chi connectivity index (χ4n) is 2.32. The molecule has 0 radical (unpaired) electrons. The molecule has 0 aliphatic heterocycles. The molecule has 88 valence electrons. The number of rotatable bonds is 5. The molecule has 4 heteroatoms. The van der Waals surface area contributed by atoms with Gasteiger partial charge in [-0.15, -0.1) is 0 Å². The van der Waals surface area contributed by atoms with Gasteiger partial charge in [0.25, 0.3) is 0 Å². The van der Waals surface area contributed by atoms with Crippen LogP contribution in [0.15, 0.2) is 0 Å². The predicted octanol–water partition coefficient (Wildman–Crippen LogP) is 0.520. The minimum Gasteiger partial charge on any atom is -0.391 e. The van der Waals surface area contributed by atoms with E-state index in [2.05, 4.69) is 0 Å². The van der Waals surface area contributed by atoms with Gasteiger partial charge in [0.1, 0.15) is 0 Å². The van der Waals surface area contributed by atoms with Crippen LogP contribution in [0.1, 0.15) is 44.9 Å². The van der Waals surface area contributed by atoms with Crippen molar-refractivity contribution in [2.24, 2.45) is 17.4 Å². The van der Waals surface area contributed by atoms with Crippen LogP contribution in [0.25, 0.3) is 0 Å². The number of hydrogen-bond acceptors (Lipinski definition) is 3. The summed E-state index contributed by atoms with van der Waals surface area (Å²) in [5.41, 5.74) is 10.8. The maximum atomic E-state index is 10.6. The molecule has 0 saturated heterocycles. The number of hydrogen-bond donors (Lipinski definition) is 3. The van der Waals surface area contributed by atoms with Gasteiger partial charge in [-0.3, -0.25) is 4.79 Å². The summed E-state index contributed by atoms with van der Waals surface area (Å²) in [5, 5.41) is 9.59. The largest absolute Gasteiger partial charge is 0.391 e. The molecule has 1 rings (SSSR count). The molecule has 0 aromatic rings. The van der Waals surface area contributed by atoms with E-state index in [1.165, 1.54) is 32.1 Å². The molecule has 4 nitrogen and oxygen atoms in total. The van der Waals surface area contributed by atoms with Gasteiger partial charge in [0.05, 0.1) is 12.5 Å². The highest BCUT2D eigenvalue weighted by Gasteiger charge is 2.22. The SMILES string of the molecule is NC(=O)CC(O)C(N)CC1CCCCC1. The van der Waals surface area contributed by atoms with E-state index >= 15 is 0 Å². The smallest absolute Gasteiger partial charge is 0.220 e. The van der Waals surface area contributed by atoms with Gasteiger partial charge < -0.3 is 16.6 Å². The van der Waals surface area contributed by atoms with E-state index in [0.29, 0.717) is 5.92 Å².